The first kappa shape index (κ1) is 9.32. The van der Waals surface area contributed by atoms with Gasteiger partial charge >= 0.3 is 18.9 Å². The number of nitrogens with zero attached hydrogens (tertiary/aromatic N) is 1. The van der Waals surface area contributed by atoms with Crippen molar-refractivity contribution in [2.45, 2.75) is 6.92 Å². The molecule has 0 fully saturated rings. The predicted molar refractivity (Wildman–Crippen MR) is 45.3 cm³/mol. The number of fused-ring (bicyclic) bond motifs is 1. The second-order valence-corrected chi connectivity index (χ2v) is 2.59. The van der Waals surface area contributed by atoms with Gasteiger partial charge in [-0.1, -0.05) is 37.4 Å². The molecule has 0 N–H and O–H groups in total. The third kappa shape index (κ3) is 1.53. The molecule has 1 heterocycles. The van der Waals surface area contributed by atoms with Crippen molar-refractivity contribution < 1.29 is 18.9 Å². The SMILES string of the molecule is Cc1c[c-]nc2ccccc12.[Li+]. The summed E-state index contributed by atoms with van der Waals surface area (Å²) in [6.07, 6.45) is 2.85. The Balaban J connectivity index is 0.000000720. The zero-order valence-corrected chi connectivity index (χ0v) is 7.33. The number of benzene rings is 1. The number of para-hydroxylation sites is 1. The fourth-order valence-electron chi connectivity index (χ4n) is 1.18. The average molecular weight is 149 g/mol. The van der Waals surface area contributed by atoms with E-state index in [4.69, 9.17) is 0 Å². The number of hydrogen-bond donors (Lipinski definition) is 0. The quantitative estimate of drug-likeness (QED) is 0.358. The molecule has 1 aromatic carbocycles. The fraction of sp³-hybridized carbons (Fsp3) is 0.100. The van der Waals surface area contributed by atoms with Gasteiger partial charge in [-0.05, 0) is 5.52 Å². The molecule has 0 aliphatic rings. The summed E-state index contributed by atoms with van der Waals surface area (Å²) in [5.41, 5.74) is 2.25. The van der Waals surface area contributed by atoms with E-state index in [9.17, 15) is 0 Å². The van der Waals surface area contributed by atoms with Crippen LogP contribution in [-0.4, -0.2) is 4.98 Å². The Morgan fingerprint density at radius 1 is 1.25 bits per heavy atom. The van der Waals surface area contributed by atoms with E-state index in [0.29, 0.717) is 0 Å². The summed E-state index contributed by atoms with van der Waals surface area (Å²) in [6, 6.07) is 9.99. The molecule has 54 valence electrons. The number of aryl methyl sites for hydroxylation is 1. The molecule has 0 saturated heterocycles. The average Bonchev–Trinajstić information content (AvgIpc) is 2.06. The Morgan fingerprint density at radius 2 is 2.00 bits per heavy atom. The molecule has 0 radical (unpaired) electrons. The van der Waals surface area contributed by atoms with E-state index >= 15 is 0 Å². The third-order valence-electron chi connectivity index (χ3n) is 1.79. The van der Waals surface area contributed by atoms with Crippen molar-refractivity contribution >= 4 is 10.9 Å². The van der Waals surface area contributed by atoms with Gasteiger partial charge in [0.25, 0.3) is 0 Å². The second kappa shape index (κ2) is 3.76. The zero-order valence-electron chi connectivity index (χ0n) is 7.33. The zero-order chi connectivity index (χ0) is 7.68. The van der Waals surface area contributed by atoms with Crippen LogP contribution in [0.3, 0.4) is 0 Å². The van der Waals surface area contributed by atoms with Crippen LogP contribution >= 0.6 is 0 Å². The van der Waals surface area contributed by atoms with E-state index < -0.39 is 0 Å². The number of aromatic nitrogens is 1. The topological polar surface area (TPSA) is 12.9 Å². The number of hydrogen-bond acceptors (Lipinski definition) is 1. The Hall–Kier alpha value is -0.773. The van der Waals surface area contributed by atoms with Gasteiger partial charge in [-0.15, -0.1) is 10.9 Å². The van der Waals surface area contributed by atoms with Gasteiger partial charge in [0.15, 0.2) is 0 Å². The van der Waals surface area contributed by atoms with Gasteiger partial charge in [0, 0.05) is 0 Å². The summed E-state index contributed by atoms with van der Waals surface area (Å²) in [6.45, 7) is 2.07. The molecular weight excluding hydrogens is 141 g/mol. The Bertz CT molecular complexity index is 379. The summed E-state index contributed by atoms with van der Waals surface area (Å²) >= 11 is 0. The molecule has 1 nitrogen and oxygen atoms in total. The van der Waals surface area contributed by atoms with E-state index in [1.807, 2.05) is 24.3 Å². The summed E-state index contributed by atoms with van der Waals surface area (Å²) in [5.74, 6) is 0. The molecule has 0 saturated carbocycles. The van der Waals surface area contributed by atoms with Gasteiger partial charge in [0.2, 0.25) is 0 Å². The van der Waals surface area contributed by atoms with E-state index in [2.05, 4.69) is 24.2 Å². The van der Waals surface area contributed by atoms with Crippen LogP contribution in [0.1, 0.15) is 5.56 Å². The van der Waals surface area contributed by atoms with Crippen molar-refractivity contribution in [1.29, 1.82) is 0 Å². The van der Waals surface area contributed by atoms with Gasteiger partial charge in [0.05, 0.1) is 0 Å². The predicted octanol–water partition coefficient (Wildman–Crippen LogP) is -0.653. The summed E-state index contributed by atoms with van der Waals surface area (Å²) in [4.78, 5) is 4.12. The summed E-state index contributed by atoms with van der Waals surface area (Å²) in [7, 11) is 0. The Kier molecular flexibility index (Phi) is 2.92. The van der Waals surface area contributed by atoms with Gasteiger partial charge in [-0.25, -0.2) is 0 Å². The van der Waals surface area contributed by atoms with Crippen LogP contribution < -0.4 is 18.9 Å². The second-order valence-electron chi connectivity index (χ2n) is 2.59. The standard InChI is InChI=1S/C10H8N.Li/c1-8-6-7-11-10-5-3-2-4-9(8)10;/h2-6H,1H3;/q-1;+1. The molecule has 12 heavy (non-hydrogen) atoms. The normalized spacial score (nSPS) is 9.42. The minimum Gasteiger partial charge on any atom is -0.386 e. The Labute approximate surface area is 84.0 Å². The van der Waals surface area contributed by atoms with Gasteiger partial charge in [0.1, 0.15) is 0 Å². The van der Waals surface area contributed by atoms with Crippen molar-refractivity contribution in [2.24, 2.45) is 0 Å². The molecule has 0 bridgehead atoms. The van der Waals surface area contributed by atoms with Crippen LogP contribution in [0.2, 0.25) is 0 Å². The van der Waals surface area contributed by atoms with Crippen LogP contribution in [0.25, 0.3) is 10.9 Å². The number of pyridine rings is 1. The van der Waals surface area contributed by atoms with Crippen molar-refractivity contribution in [1.82, 2.24) is 4.98 Å². The molecule has 1 aromatic heterocycles. The summed E-state index contributed by atoms with van der Waals surface area (Å²) < 4.78 is 0. The van der Waals surface area contributed by atoms with Crippen molar-refractivity contribution in [3.8, 4) is 0 Å². The monoisotopic (exact) mass is 149 g/mol. The van der Waals surface area contributed by atoms with Gasteiger partial charge in [-0.2, -0.15) is 6.07 Å². The summed E-state index contributed by atoms with van der Waals surface area (Å²) in [5, 5.41) is 1.21. The van der Waals surface area contributed by atoms with Crippen LogP contribution in [0.5, 0.6) is 0 Å². The minimum atomic E-state index is 0. The molecule has 2 aromatic rings. The van der Waals surface area contributed by atoms with E-state index in [0.717, 1.165) is 5.52 Å². The number of rotatable bonds is 0. The van der Waals surface area contributed by atoms with E-state index in [1.165, 1.54) is 10.9 Å². The molecule has 0 atom stereocenters. The largest absolute Gasteiger partial charge is 1.00 e. The maximum Gasteiger partial charge on any atom is 1.00 e. The van der Waals surface area contributed by atoms with Crippen LogP contribution in [-0.2, 0) is 0 Å². The Morgan fingerprint density at radius 3 is 2.75 bits per heavy atom. The first-order valence-corrected chi connectivity index (χ1v) is 3.60. The molecule has 0 amide bonds. The first-order chi connectivity index (χ1) is 5.38. The van der Waals surface area contributed by atoms with Gasteiger partial charge in [-0.3, -0.25) is 0 Å². The first-order valence-electron chi connectivity index (χ1n) is 3.60. The minimum absolute atomic E-state index is 0. The molecule has 2 rings (SSSR count). The van der Waals surface area contributed by atoms with Crippen molar-refractivity contribution in [2.75, 3.05) is 0 Å². The fourth-order valence-corrected chi connectivity index (χ4v) is 1.18. The maximum atomic E-state index is 4.12. The molecule has 0 aliphatic carbocycles. The molecule has 0 unspecified atom stereocenters. The molecule has 0 aliphatic heterocycles. The van der Waals surface area contributed by atoms with Crippen LogP contribution in [0, 0.1) is 13.1 Å². The molecule has 0 spiro atoms. The smallest absolute Gasteiger partial charge is 0.386 e. The third-order valence-corrected chi connectivity index (χ3v) is 1.79. The van der Waals surface area contributed by atoms with Crippen molar-refractivity contribution in [3.63, 3.8) is 0 Å². The van der Waals surface area contributed by atoms with Crippen LogP contribution in [0.4, 0.5) is 0 Å². The van der Waals surface area contributed by atoms with Crippen LogP contribution in [0.15, 0.2) is 30.3 Å². The van der Waals surface area contributed by atoms with E-state index in [1.54, 1.807) is 0 Å². The van der Waals surface area contributed by atoms with Crippen molar-refractivity contribution in [3.05, 3.63) is 42.1 Å². The maximum absolute atomic E-state index is 4.12. The van der Waals surface area contributed by atoms with E-state index in [-0.39, 0.29) is 18.9 Å². The molecule has 2 heteroatoms. The van der Waals surface area contributed by atoms with Gasteiger partial charge < -0.3 is 4.98 Å². The molecular formula is C10H8LiN.